The number of nitrogens with zero attached hydrogens (tertiary/aromatic N) is 2. The Labute approximate surface area is 173 Å². The van der Waals surface area contributed by atoms with Gasteiger partial charge in [0.2, 0.25) is 24.3 Å². The van der Waals surface area contributed by atoms with Gasteiger partial charge in [-0.1, -0.05) is 65.3 Å². The second-order valence-corrected chi connectivity index (χ2v) is 6.05. The van der Waals surface area contributed by atoms with Gasteiger partial charge in [-0.15, -0.1) is 0 Å². The van der Waals surface area contributed by atoms with Gasteiger partial charge in [-0.25, -0.2) is 40.0 Å². The predicted octanol–water partition coefficient (Wildman–Crippen LogP) is 5.86. The fourth-order valence-corrected chi connectivity index (χ4v) is 3.09. The zero-order valence-corrected chi connectivity index (χ0v) is 12.9. The fraction of sp³-hybridized carbons (Fsp3) is 0.800. The summed E-state index contributed by atoms with van der Waals surface area (Å²) in [6.45, 7) is 6.86. The van der Waals surface area contributed by atoms with Crippen LogP contribution in [0.25, 0.3) is 0 Å². The third-order valence-corrected chi connectivity index (χ3v) is 3.18. The lowest BCUT2D eigenvalue weighted by Crippen LogP contribution is -2.39. The van der Waals surface area contributed by atoms with E-state index in [-0.39, 0.29) is 61.4 Å². The highest BCUT2D eigenvalue weighted by Crippen LogP contribution is 2.47. The molecule has 0 amide bonds. The normalized spacial score (nSPS) is 19.0. The third-order valence-electron chi connectivity index (χ3n) is 3.18. The van der Waals surface area contributed by atoms with Crippen molar-refractivity contribution in [3.63, 3.8) is 0 Å². The number of aliphatic imine (C=N–C) groups is 2. The molecule has 2 atom stereocenters. The van der Waals surface area contributed by atoms with Crippen molar-refractivity contribution in [2.75, 3.05) is 6.54 Å². The minimum atomic E-state index is -0.0653. The molecular weight excluding hydrogens is 360 g/mol. The molecule has 0 spiro atoms. The number of carbonyl (C=O) groups excluding carboxylic acids is 4. The summed E-state index contributed by atoms with van der Waals surface area (Å²) >= 11 is 0. The van der Waals surface area contributed by atoms with Gasteiger partial charge in [0.05, 0.1) is 12.6 Å². The minimum absolute atomic E-state index is 0. The van der Waals surface area contributed by atoms with Crippen molar-refractivity contribution in [1.82, 2.24) is 0 Å². The highest BCUT2D eigenvalue weighted by atomic mass is 16.1. The zero-order valence-electron chi connectivity index (χ0n) is 12.9. The first-order chi connectivity index (χ1) is 10.2. The van der Waals surface area contributed by atoms with Crippen LogP contribution in [-0.4, -0.2) is 36.9 Å². The number of isocyanates is 4. The van der Waals surface area contributed by atoms with E-state index < -0.39 is 0 Å². The molecule has 0 aromatic heterocycles. The first-order valence-corrected chi connectivity index (χ1v) is 6.42. The van der Waals surface area contributed by atoms with Crippen LogP contribution in [0.4, 0.5) is 0 Å². The quantitative estimate of drug-likeness (QED) is 0.448. The van der Waals surface area contributed by atoms with Gasteiger partial charge >= 0.3 is 0 Å². The molecule has 0 aromatic rings. The summed E-state index contributed by atoms with van der Waals surface area (Å²) in [6, 6.07) is 0.00750. The molecular formula is C20H44N4O4. The highest BCUT2D eigenvalue weighted by Gasteiger charge is 2.41. The minimum Gasteiger partial charge on any atom is -0.222 e. The second-order valence-electron chi connectivity index (χ2n) is 6.05. The first kappa shape index (κ1) is 50.0. The van der Waals surface area contributed by atoms with Crippen molar-refractivity contribution >= 4 is 24.3 Å². The SMILES string of the molecule is C.C.C.C.C.C.CC1(C)CC(N=C=O)CC(C)(CN=C=O)C1.N=C=O.N=C=O. The molecule has 0 aromatic carbocycles. The van der Waals surface area contributed by atoms with Gasteiger partial charge in [-0.3, -0.25) is 0 Å². The van der Waals surface area contributed by atoms with Gasteiger partial charge in [0, 0.05) is 0 Å². The van der Waals surface area contributed by atoms with E-state index in [4.69, 9.17) is 20.4 Å². The van der Waals surface area contributed by atoms with E-state index in [2.05, 4.69) is 30.8 Å². The maximum atomic E-state index is 10.3. The van der Waals surface area contributed by atoms with Crippen molar-refractivity contribution in [2.24, 2.45) is 20.8 Å². The van der Waals surface area contributed by atoms with Crippen molar-refractivity contribution < 1.29 is 19.2 Å². The number of nitrogens with one attached hydrogen (secondary N) is 2. The molecule has 1 fully saturated rings. The van der Waals surface area contributed by atoms with Crippen molar-refractivity contribution in [3.05, 3.63) is 0 Å². The topological polar surface area (TPSA) is 141 Å². The van der Waals surface area contributed by atoms with E-state index >= 15 is 0 Å². The molecule has 168 valence electrons. The Morgan fingerprint density at radius 3 is 1.54 bits per heavy atom. The van der Waals surface area contributed by atoms with Crippen LogP contribution >= 0.6 is 0 Å². The van der Waals surface area contributed by atoms with Crippen LogP contribution in [0.2, 0.25) is 0 Å². The van der Waals surface area contributed by atoms with Crippen molar-refractivity contribution in [1.29, 1.82) is 10.8 Å². The van der Waals surface area contributed by atoms with E-state index in [0.717, 1.165) is 31.4 Å². The van der Waals surface area contributed by atoms with Gasteiger partial charge in [-0.05, 0) is 30.1 Å². The van der Waals surface area contributed by atoms with Crippen molar-refractivity contribution in [3.8, 4) is 0 Å². The van der Waals surface area contributed by atoms with Gasteiger partial charge < -0.3 is 0 Å². The molecule has 28 heavy (non-hydrogen) atoms. The Morgan fingerprint density at radius 2 is 1.21 bits per heavy atom. The van der Waals surface area contributed by atoms with E-state index in [1.165, 1.54) is 0 Å². The van der Waals surface area contributed by atoms with Gasteiger partial charge in [0.25, 0.3) is 0 Å². The van der Waals surface area contributed by atoms with Crippen molar-refractivity contribution in [2.45, 2.75) is 90.6 Å². The monoisotopic (exact) mass is 404 g/mol. The molecule has 1 aliphatic rings. The Kier molecular flexibility index (Phi) is 47.7. The summed E-state index contributed by atoms with van der Waals surface area (Å²) < 4.78 is 0. The van der Waals surface area contributed by atoms with Crippen LogP contribution in [-0.2, 0) is 19.2 Å². The molecule has 8 nitrogen and oxygen atoms in total. The van der Waals surface area contributed by atoms with Crippen LogP contribution in [0.3, 0.4) is 0 Å². The summed E-state index contributed by atoms with van der Waals surface area (Å²) in [7, 11) is 0. The average molecular weight is 405 g/mol. The van der Waals surface area contributed by atoms with Crippen LogP contribution in [0.1, 0.15) is 84.6 Å². The Hall–Kier alpha value is -2.48. The van der Waals surface area contributed by atoms with Crippen LogP contribution in [0, 0.1) is 21.6 Å². The smallest absolute Gasteiger partial charge is 0.222 e. The molecule has 1 aliphatic carbocycles. The van der Waals surface area contributed by atoms with Crippen LogP contribution in [0.5, 0.6) is 0 Å². The average Bonchev–Trinajstić information content (AvgIpc) is 2.36. The molecule has 0 saturated heterocycles. The zero-order chi connectivity index (χ0) is 17.6. The van der Waals surface area contributed by atoms with E-state index in [1.54, 1.807) is 12.2 Å². The van der Waals surface area contributed by atoms with E-state index in [0.29, 0.717) is 6.54 Å². The Morgan fingerprint density at radius 1 is 0.821 bits per heavy atom. The molecule has 2 N–H and O–H groups in total. The lowest BCUT2D eigenvalue weighted by Gasteiger charge is -2.44. The van der Waals surface area contributed by atoms with Gasteiger partial charge in [-0.2, -0.15) is 0 Å². The summed E-state index contributed by atoms with van der Waals surface area (Å²) in [5.74, 6) is 0. The van der Waals surface area contributed by atoms with Gasteiger partial charge in [0.15, 0.2) is 0 Å². The number of hydrogen-bond donors (Lipinski definition) is 2. The van der Waals surface area contributed by atoms with Crippen LogP contribution in [0.15, 0.2) is 9.98 Å². The lowest BCUT2D eigenvalue weighted by molar-refractivity contribution is 0.0915. The Balaban J connectivity index is -0.0000000498. The molecule has 0 aliphatic heterocycles. The largest absolute Gasteiger partial charge is 0.235 e. The maximum Gasteiger partial charge on any atom is 0.235 e. The Bertz CT molecular complexity index is 498. The fourth-order valence-electron chi connectivity index (χ4n) is 3.09. The molecule has 0 bridgehead atoms. The highest BCUT2D eigenvalue weighted by molar-refractivity contribution is 5.34. The number of rotatable bonds is 3. The summed E-state index contributed by atoms with van der Waals surface area (Å²) in [5.41, 5.74) is 0.0561. The molecule has 8 heteroatoms. The predicted molar refractivity (Wildman–Crippen MR) is 118 cm³/mol. The molecule has 1 saturated carbocycles. The maximum absolute atomic E-state index is 10.3. The van der Waals surface area contributed by atoms with E-state index in [1.807, 2.05) is 0 Å². The molecule has 2 unspecified atom stereocenters. The van der Waals surface area contributed by atoms with Crippen LogP contribution < -0.4 is 0 Å². The summed E-state index contributed by atoms with van der Waals surface area (Å²) in [6.07, 6.45) is 7.38. The molecule has 0 heterocycles. The lowest BCUT2D eigenvalue weighted by atomic mass is 9.63. The van der Waals surface area contributed by atoms with Gasteiger partial charge in [0.1, 0.15) is 0 Å². The second kappa shape index (κ2) is 26.7. The third kappa shape index (κ3) is 25.8. The molecule has 1 rings (SSSR count). The summed E-state index contributed by atoms with van der Waals surface area (Å²) in [4.78, 5) is 44.7. The standard InChI is InChI=1S/C12H18N2O2.2CHNO.6CH4/c1-11(2)4-10(14-9-16)5-12(3,6-11)7-13-8-15;2*2-1-3;;;;;;/h10H,4-7H2,1-3H3;2*2H;6*1H4. The number of hydrogen-bond acceptors (Lipinski definition) is 8. The van der Waals surface area contributed by atoms with E-state index in [9.17, 15) is 9.59 Å². The molecule has 0 radical (unpaired) electrons. The summed E-state index contributed by atoms with van der Waals surface area (Å²) in [5, 5.41) is 10.8. The first-order valence-electron chi connectivity index (χ1n) is 6.42.